The van der Waals surface area contributed by atoms with Gasteiger partial charge in [0, 0.05) is 35.7 Å². The number of piperazine rings is 1. The summed E-state index contributed by atoms with van der Waals surface area (Å²) in [6.07, 6.45) is 2.53. The zero-order chi connectivity index (χ0) is 26.9. The molecular weight excluding hydrogens is 519 g/mol. The number of nitrogens with zero attached hydrogens (tertiary/aromatic N) is 2. The van der Waals surface area contributed by atoms with Crippen molar-refractivity contribution in [3.63, 3.8) is 0 Å². The molecule has 2 aliphatic rings. The van der Waals surface area contributed by atoms with Gasteiger partial charge >= 0.3 is 5.97 Å². The average Bonchev–Trinajstić information content (AvgIpc) is 3.20. The number of fused-ring (bicyclic) bond motifs is 3. The summed E-state index contributed by atoms with van der Waals surface area (Å²) >= 11 is 12.2. The number of unbranched alkanes of at least 4 members (excludes halogenated alkanes) is 1. The van der Waals surface area contributed by atoms with E-state index in [9.17, 15) is 14.7 Å². The van der Waals surface area contributed by atoms with E-state index in [0.29, 0.717) is 29.6 Å². The molecule has 0 bridgehead atoms. The number of carbonyl (C=O) groups excluding carboxylic acids is 1. The Labute approximate surface area is 234 Å². The van der Waals surface area contributed by atoms with Gasteiger partial charge in [-0.3, -0.25) is 14.5 Å². The summed E-state index contributed by atoms with van der Waals surface area (Å²) in [7, 11) is 0. The molecule has 1 amide bonds. The third kappa shape index (κ3) is 4.95. The summed E-state index contributed by atoms with van der Waals surface area (Å²) in [6.45, 7) is 5.18. The van der Waals surface area contributed by atoms with Crippen molar-refractivity contribution in [2.75, 3.05) is 26.2 Å². The Morgan fingerprint density at radius 2 is 1.61 bits per heavy atom. The highest BCUT2D eigenvalue weighted by Gasteiger charge is 2.48. The first-order valence-corrected chi connectivity index (χ1v) is 14.0. The molecule has 38 heavy (non-hydrogen) atoms. The van der Waals surface area contributed by atoms with E-state index in [0.717, 1.165) is 53.7 Å². The number of hydrogen-bond donors (Lipinski definition) is 1. The summed E-state index contributed by atoms with van der Waals surface area (Å²) < 4.78 is 0. The van der Waals surface area contributed by atoms with E-state index in [1.807, 2.05) is 59.5 Å². The van der Waals surface area contributed by atoms with E-state index in [-0.39, 0.29) is 18.4 Å². The lowest BCUT2D eigenvalue weighted by atomic mass is 9.74. The van der Waals surface area contributed by atoms with E-state index in [4.69, 9.17) is 23.2 Å². The molecule has 7 heteroatoms. The van der Waals surface area contributed by atoms with Gasteiger partial charge in [-0.05, 0) is 66.3 Å². The number of benzene rings is 3. The molecule has 5 rings (SSSR count). The van der Waals surface area contributed by atoms with Gasteiger partial charge in [-0.2, -0.15) is 0 Å². The fourth-order valence-electron chi connectivity index (χ4n) is 6.13. The van der Waals surface area contributed by atoms with Crippen molar-refractivity contribution < 1.29 is 14.7 Å². The van der Waals surface area contributed by atoms with E-state index in [1.54, 1.807) is 12.1 Å². The number of aliphatic carboxylic acids is 1. The topological polar surface area (TPSA) is 60.9 Å². The standard InChI is InChI=1S/C31H32Cl2N2O3/c1-21-20-35(29(36)18-22-12-13-23(32)19-28(22)33)17-16-34(21)15-7-6-14-31(30(37)38)26-10-4-2-8-24(26)25-9-3-5-11-27(25)31/h2-5,8-13,19,21H,6-7,14-18,20H2,1H3,(H,37,38)/t21-/m1/s1. The lowest BCUT2D eigenvalue weighted by molar-refractivity contribution is -0.142. The largest absolute Gasteiger partial charge is 0.480 e. The third-order valence-corrected chi connectivity index (χ3v) is 8.74. The van der Waals surface area contributed by atoms with E-state index in [1.165, 1.54) is 0 Å². The Morgan fingerprint density at radius 1 is 0.947 bits per heavy atom. The first kappa shape index (κ1) is 26.7. The second-order valence-corrected chi connectivity index (χ2v) is 11.2. The van der Waals surface area contributed by atoms with Crippen LogP contribution in [-0.4, -0.2) is 59.0 Å². The molecule has 5 nitrogen and oxygen atoms in total. The Hall–Kier alpha value is -2.86. The molecule has 1 atom stereocenters. The van der Waals surface area contributed by atoms with Crippen LogP contribution in [0.1, 0.15) is 42.9 Å². The van der Waals surface area contributed by atoms with Crippen LogP contribution >= 0.6 is 23.2 Å². The molecule has 3 aromatic carbocycles. The molecule has 0 unspecified atom stereocenters. The quantitative estimate of drug-likeness (QED) is 0.335. The van der Waals surface area contributed by atoms with Gasteiger partial charge in [0.1, 0.15) is 5.41 Å². The van der Waals surface area contributed by atoms with Crippen LogP contribution in [0.25, 0.3) is 11.1 Å². The molecular formula is C31H32Cl2N2O3. The number of halogens is 2. The van der Waals surface area contributed by atoms with Crippen LogP contribution in [0.4, 0.5) is 0 Å². The highest BCUT2D eigenvalue weighted by molar-refractivity contribution is 6.35. The maximum atomic E-state index is 12.9. The van der Waals surface area contributed by atoms with Gasteiger partial charge in [0.25, 0.3) is 0 Å². The van der Waals surface area contributed by atoms with Crippen molar-refractivity contribution in [1.29, 1.82) is 0 Å². The highest BCUT2D eigenvalue weighted by atomic mass is 35.5. The number of hydrogen-bond acceptors (Lipinski definition) is 3. The lowest BCUT2D eigenvalue weighted by Crippen LogP contribution is -2.54. The molecule has 0 saturated carbocycles. The molecule has 1 aliphatic carbocycles. The van der Waals surface area contributed by atoms with Crippen LogP contribution in [0.3, 0.4) is 0 Å². The maximum absolute atomic E-state index is 12.9. The average molecular weight is 552 g/mol. The molecule has 1 saturated heterocycles. The fourth-order valence-corrected chi connectivity index (χ4v) is 6.61. The van der Waals surface area contributed by atoms with Gasteiger partial charge in [0.2, 0.25) is 5.91 Å². The van der Waals surface area contributed by atoms with Crippen LogP contribution in [0.5, 0.6) is 0 Å². The first-order valence-electron chi connectivity index (χ1n) is 13.2. The van der Waals surface area contributed by atoms with Gasteiger partial charge in [-0.25, -0.2) is 0 Å². The van der Waals surface area contributed by atoms with Crippen molar-refractivity contribution in [2.45, 2.75) is 44.1 Å². The fraction of sp³-hybridized carbons (Fsp3) is 0.355. The molecule has 0 spiro atoms. The normalized spacial score (nSPS) is 18.2. The number of carboxylic acid groups (broad SMARTS) is 1. The van der Waals surface area contributed by atoms with Crippen molar-refractivity contribution in [2.24, 2.45) is 0 Å². The third-order valence-electron chi connectivity index (χ3n) is 8.15. The number of carbonyl (C=O) groups is 2. The summed E-state index contributed by atoms with van der Waals surface area (Å²) in [6, 6.07) is 21.3. The SMILES string of the molecule is C[C@@H]1CN(C(=O)Cc2ccc(Cl)cc2Cl)CCN1CCCCC1(C(=O)O)c2ccccc2-c2ccccc21. The molecule has 1 fully saturated rings. The Balaban J connectivity index is 1.18. The molecule has 1 heterocycles. The second kappa shape index (κ2) is 11.1. The summed E-state index contributed by atoms with van der Waals surface area (Å²) in [5, 5.41) is 11.6. The van der Waals surface area contributed by atoms with Gasteiger partial charge < -0.3 is 10.0 Å². The highest BCUT2D eigenvalue weighted by Crippen LogP contribution is 2.51. The van der Waals surface area contributed by atoms with Gasteiger partial charge in [0.15, 0.2) is 0 Å². The number of amides is 1. The molecule has 0 aromatic heterocycles. The summed E-state index contributed by atoms with van der Waals surface area (Å²) in [5.74, 6) is -0.709. The predicted molar refractivity (Wildman–Crippen MR) is 152 cm³/mol. The molecule has 3 aromatic rings. The molecule has 0 radical (unpaired) electrons. The Morgan fingerprint density at radius 3 is 2.21 bits per heavy atom. The van der Waals surface area contributed by atoms with Crippen molar-refractivity contribution in [3.8, 4) is 11.1 Å². The summed E-state index contributed by atoms with van der Waals surface area (Å²) in [5.41, 5.74) is 3.63. The predicted octanol–water partition coefficient (Wildman–Crippen LogP) is 6.29. The van der Waals surface area contributed by atoms with Gasteiger partial charge in [-0.1, -0.05) is 84.2 Å². The minimum atomic E-state index is -1.01. The van der Waals surface area contributed by atoms with Crippen LogP contribution in [0.2, 0.25) is 10.0 Å². The zero-order valence-corrected chi connectivity index (χ0v) is 23.0. The summed E-state index contributed by atoms with van der Waals surface area (Å²) in [4.78, 5) is 30.0. The van der Waals surface area contributed by atoms with Crippen LogP contribution in [0.15, 0.2) is 66.7 Å². The minimum Gasteiger partial charge on any atom is -0.480 e. The van der Waals surface area contributed by atoms with Crippen LogP contribution in [0, 0.1) is 0 Å². The van der Waals surface area contributed by atoms with Crippen molar-refractivity contribution >= 4 is 35.1 Å². The smallest absolute Gasteiger partial charge is 0.318 e. The van der Waals surface area contributed by atoms with E-state index in [2.05, 4.69) is 11.8 Å². The van der Waals surface area contributed by atoms with Crippen LogP contribution in [-0.2, 0) is 21.4 Å². The molecule has 198 valence electrons. The van der Waals surface area contributed by atoms with Crippen molar-refractivity contribution in [1.82, 2.24) is 9.80 Å². The first-order chi connectivity index (χ1) is 18.3. The van der Waals surface area contributed by atoms with Gasteiger partial charge in [-0.15, -0.1) is 0 Å². The number of rotatable bonds is 8. The Kier molecular flexibility index (Phi) is 7.80. The number of carboxylic acids is 1. The maximum Gasteiger partial charge on any atom is 0.318 e. The lowest BCUT2D eigenvalue weighted by Gasteiger charge is -2.40. The van der Waals surface area contributed by atoms with E-state index >= 15 is 0 Å². The zero-order valence-electron chi connectivity index (χ0n) is 21.5. The van der Waals surface area contributed by atoms with Gasteiger partial charge in [0.05, 0.1) is 6.42 Å². The van der Waals surface area contributed by atoms with Crippen molar-refractivity contribution in [3.05, 3.63) is 93.5 Å². The second-order valence-electron chi connectivity index (χ2n) is 10.4. The Bertz CT molecular complexity index is 1310. The molecule has 1 N–H and O–H groups in total. The monoisotopic (exact) mass is 550 g/mol. The minimum absolute atomic E-state index is 0.0719. The molecule has 1 aliphatic heterocycles. The van der Waals surface area contributed by atoms with E-state index < -0.39 is 11.4 Å². The van der Waals surface area contributed by atoms with Crippen LogP contribution < -0.4 is 0 Å².